The van der Waals surface area contributed by atoms with Crippen molar-refractivity contribution < 1.29 is 4.42 Å². The number of nitrogens with zero attached hydrogens (tertiary/aromatic N) is 1. The summed E-state index contributed by atoms with van der Waals surface area (Å²) >= 11 is 0. The van der Waals surface area contributed by atoms with Gasteiger partial charge in [0.2, 0.25) is 0 Å². The van der Waals surface area contributed by atoms with Gasteiger partial charge in [0.15, 0.2) is 0 Å². The Morgan fingerprint density at radius 3 is 1.08 bits per heavy atom. The Labute approximate surface area is 420 Å². The SMILES string of the molecule is c1ccc(C2(c3ccccc3)c3ccccc3-c3ccc(N(c4ccc(-c5ccc(-c6ccc7occc7c6)cc5)cc4)c4ccc5c(c4)C(c4ccccc4)(c4ccccc4)c4ccccc4-5)cc32)cc1. The van der Waals surface area contributed by atoms with Crippen LogP contribution in [0.4, 0.5) is 17.1 Å². The first kappa shape index (κ1) is 41.7. The summed E-state index contributed by atoms with van der Waals surface area (Å²) in [5.74, 6) is 0. The van der Waals surface area contributed by atoms with Crippen LogP contribution in [-0.4, -0.2) is 0 Å². The lowest BCUT2D eigenvalue weighted by Gasteiger charge is -2.36. The molecule has 14 rings (SSSR count). The molecule has 2 nitrogen and oxygen atoms in total. The largest absolute Gasteiger partial charge is 0.464 e. The average Bonchev–Trinajstić information content (AvgIpc) is 4.14. The zero-order chi connectivity index (χ0) is 47.6. The molecule has 0 saturated carbocycles. The van der Waals surface area contributed by atoms with Gasteiger partial charge in [-0.1, -0.05) is 224 Å². The van der Waals surface area contributed by atoms with E-state index < -0.39 is 10.8 Å². The van der Waals surface area contributed by atoms with Crippen LogP contribution in [0, 0.1) is 0 Å². The fourth-order valence-corrected chi connectivity index (χ4v) is 12.4. The molecule has 0 aliphatic heterocycles. The van der Waals surface area contributed by atoms with E-state index in [1.165, 1.54) is 77.9 Å². The van der Waals surface area contributed by atoms with E-state index in [1.807, 2.05) is 6.07 Å². The van der Waals surface area contributed by atoms with Gasteiger partial charge in [0.25, 0.3) is 0 Å². The molecule has 0 spiro atoms. The van der Waals surface area contributed by atoms with Crippen molar-refractivity contribution in [2.45, 2.75) is 10.8 Å². The van der Waals surface area contributed by atoms with Gasteiger partial charge >= 0.3 is 0 Å². The lowest BCUT2D eigenvalue weighted by molar-refractivity contribution is 0.616. The smallest absolute Gasteiger partial charge is 0.133 e. The van der Waals surface area contributed by atoms with Crippen LogP contribution >= 0.6 is 0 Å². The van der Waals surface area contributed by atoms with Gasteiger partial charge in [-0.25, -0.2) is 0 Å². The van der Waals surface area contributed by atoms with Crippen molar-refractivity contribution in [2.24, 2.45) is 0 Å². The van der Waals surface area contributed by atoms with Crippen LogP contribution in [0.5, 0.6) is 0 Å². The number of anilines is 3. The first-order valence-electron chi connectivity index (χ1n) is 24.9. The van der Waals surface area contributed by atoms with E-state index in [-0.39, 0.29) is 0 Å². The van der Waals surface area contributed by atoms with Crippen LogP contribution < -0.4 is 4.90 Å². The molecule has 1 heterocycles. The normalized spacial score (nSPS) is 13.5. The highest BCUT2D eigenvalue weighted by Crippen LogP contribution is 2.59. The maximum absolute atomic E-state index is 5.62. The lowest BCUT2D eigenvalue weighted by Crippen LogP contribution is -2.29. The molecule has 0 bridgehead atoms. The van der Waals surface area contributed by atoms with Gasteiger partial charge in [-0.2, -0.15) is 0 Å². The fourth-order valence-electron chi connectivity index (χ4n) is 12.4. The van der Waals surface area contributed by atoms with E-state index >= 15 is 0 Å². The van der Waals surface area contributed by atoms with Crippen LogP contribution in [0.2, 0.25) is 0 Å². The van der Waals surface area contributed by atoms with Crippen LogP contribution in [0.3, 0.4) is 0 Å². The second kappa shape index (κ2) is 16.7. The van der Waals surface area contributed by atoms with Gasteiger partial charge in [-0.05, 0) is 144 Å². The third kappa shape index (κ3) is 6.29. The molecule has 0 N–H and O–H groups in total. The van der Waals surface area contributed by atoms with E-state index in [1.54, 1.807) is 6.26 Å². The molecular weight excluding hydrogens is 871 g/mol. The van der Waals surface area contributed by atoms with Crippen molar-refractivity contribution in [3.63, 3.8) is 0 Å². The Morgan fingerprint density at radius 2 is 0.625 bits per heavy atom. The summed E-state index contributed by atoms with van der Waals surface area (Å²) in [5, 5.41) is 1.11. The molecule has 2 heteroatoms. The van der Waals surface area contributed by atoms with Crippen molar-refractivity contribution in [1.29, 1.82) is 0 Å². The molecule has 0 fully saturated rings. The molecule has 0 saturated heterocycles. The maximum Gasteiger partial charge on any atom is 0.133 e. The van der Waals surface area contributed by atoms with Crippen LogP contribution in [0.1, 0.15) is 44.5 Å². The van der Waals surface area contributed by atoms with E-state index in [2.05, 4.69) is 278 Å². The van der Waals surface area contributed by atoms with Gasteiger partial charge in [0.05, 0.1) is 17.1 Å². The van der Waals surface area contributed by atoms with Crippen LogP contribution in [0.25, 0.3) is 55.5 Å². The molecule has 0 unspecified atom stereocenters. The first-order valence-corrected chi connectivity index (χ1v) is 24.9. The summed E-state index contributed by atoms with van der Waals surface area (Å²) in [6.07, 6.45) is 1.75. The van der Waals surface area contributed by atoms with Crippen molar-refractivity contribution in [2.75, 3.05) is 4.90 Å². The molecule has 2 aliphatic rings. The number of benzene rings is 11. The van der Waals surface area contributed by atoms with Crippen LogP contribution in [0.15, 0.2) is 290 Å². The third-order valence-corrected chi connectivity index (χ3v) is 15.5. The second-order valence-electron chi connectivity index (χ2n) is 19.1. The zero-order valence-corrected chi connectivity index (χ0v) is 39.5. The highest BCUT2D eigenvalue weighted by Gasteiger charge is 2.48. The summed E-state index contributed by atoms with van der Waals surface area (Å²) in [5.41, 5.74) is 22.9. The van der Waals surface area contributed by atoms with E-state index in [9.17, 15) is 0 Å². The zero-order valence-electron chi connectivity index (χ0n) is 39.5. The van der Waals surface area contributed by atoms with E-state index in [0.717, 1.165) is 39.2 Å². The number of hydrogen-bond acceptors (Lipinski definition) is 2. The predicted molar refractivity (Wildman–Crippen MR) is 296 cm³/mol. The summed E-state index contributed by atoms with van der Waals surface area (Å²) in [4.78, 5) is 2.48. The molecule has 1 aromatic heterocycles. The Kier molecular flexibility index (Phi) is 9.69. The molecule has 0 atom stereocenters. The molecular formula is C70H47NO. The van der Waals surface area contributed by atoms with Gasteiger partial charge in [-0.15, -0.1) is 0 Å². The number of rotatable bonds is 9. The highest BCUT2D eigenvalue weighted by atomic mass is 16.3. The van der Waals surface area contributed by atoms with Crippen molar-refractivity contribution >= 4 is 28.0 Å². The average molecular weight is 918 g/mol. The third-order valence-electron chi connectivity index (χ3n) is 15.5. The van der Waals surface area contributed by atoms with Gasteiger partial charge in [0.1, 0.15) is 5.58 Å². The van der Waals surface area contributed by atoms with Gasteiger partial charge < -0.3 is 9.32 Å². The Balaban J connectivity index is 0.974. The first-order chi connectivity index (χ1) is 35.7. The monoisotopic (exact) mass is 917 g/mol. The molecule has 72 heavy (non-hydrogen) atoms. The van der Waals surface area contributed by atoms with Gasteiger partial charge in [-0.3, -0.25) is 0 Å². The maximum atomic E-state index is 5.62. The van der Waals surface area contributed by atoms with Crippen LogP contribution in [-0.2, 0) is 10.8 Å². The van der Waals surface area contributed by atoms with E-state index in [0.29, 0.717) is 0 Å². The Bertz CT molecular complexity index is 3690. The number of furan rings is 1. The fraction of sp³-hybridized carbons (Fsp3) is 0.0286. The standard InChI is InChI=1S/C70H47NO/c1-5-17-53(18-6-1)69(54-19-7-2-8-20-54)64-27-15-13-25-60(64)62-40-38-58(46-66(62)69)71(57-36-33-49(34-37-57)48-29-31-50(32-30-48)51-35-42-68-52(45-51)43-44-72-68)59-39-41-63-61-26-14-16-28-65(61)70(67(63)47-59,55-21-9-3-10-22-55)56-23-11-4-12-24-56/h1-47H. The Hall–Kier alpha value is -9.24. The quantitative estimate of drug-likeness (QED) is 0.143. The summed E-state index contributed by atoms with van der Waals surface area (Å²) < 4.78 is 5.62. The molecule has 0 amide bonds. The minimum atomic E-state index is -0.550. The van der Waals surface area contributed by atoms with Gasteiger partial charge in [0, 0.05) is 22.4 Å². The highest BCUT2D eigenvalue weighted by molar-refractivity contribution is 5.93. The molecule has 12 aromatic rings. The minimum Gasteiger partial charge on any atom is -0.464 e. The summed E-state index contributed by atoms with van der Waals surface area (Å²) in [6, 6.07) is 103. The van der Waals surface area contributed by atoms with Crippen molar-refractivity contribution in [1.82, 2.24) is 0 Å². The topological polar surface area (TPSA) is 16.4 Å². The molecule has 0 radical (unpaired) electrons. The lowest BCUT2D eigenvalue weighted by atomic mass is 9.67. The van der Waals surface area contributed by atoms with Crippen molar-refractivity contribution in [3.05, 3.63) is 330 Å². The second-order valence-corrected chi connectivity index (χ2v) is 19.1. The number of hydrogen-bond donors (Lipinski definition) is 0. The molecule has 11 aromatic carbocycles. The minimum absolute atomic E-state index is 0.550. The molecule has 338 valence electrons. The number of fused-ring (bicyclic) bond motifs is 7. The van der Waals surface area contributed by atoms with Crippen molar-refractivity contribution in [3.8, 4) is 44.5 Å². The Morgan fingerprint density at radius 1 is 0.264 bits per heavy atom. The summed E-state index contributed by atoms with van der Waals surface area (Å²) in [6.45, 7) is 0. The summed E-state index contributed by atoms with van der Waals surface area (Å²) in [7, 11) is 0. The molecule has 2 aliphatic carbocycles. The predicted octanol–water partition coefficient (Wildman–Crippen LogP) is 18.0. The van der Waals surface area contributed by atoms with E-state index in [4.69, 9.17) is 4.42 Å².